The summed E-state index contributed by atoms with van der Waals surface area (Å²) in [5.74, 6) is 0. The molecule has 2 nitrogen and oxygen atoms in total. The maximum atomic E-state index is 6.12. The van der Waals surface area contributed by atoms with E-state index < -0.39 is 0 Å². The third kappa shape index (κ3) is 2.65. The Morgan fingerprint density at radius 3 is 2.81 bits per heavy atom. The Morgan fingerprint density at radius 1 is 1.31 bits per heavy atom. The van der Waals surface area contributed by atoms with Crippen LogP contribution >= 0.6 is 11.6 Å². The molecule has 0 aliphatic carbocycles. The second-order valence-electron chi connectivity index (χ2n) is 3.76. The minimum absolute atomic E-state index is 0.226. The Labute approximate surface area is 100 Å². The topological polar surface area (TPSA) is 25.2 Å². The number of rotatable bonds is 4. The molecule has 0 radical (unpaired) electrons. The third-order valence-corrected chi connectivity index (χ3v) is 2.91. The summed E-state index contributed by atoms with van der Waals surface area (Å²) in [6, 6.07) is 10.1. The molecule has 0 spiro atoms. The quantitative estimate of drug-likeness (QED) is 0.873. The first-order valence-electron chi connectivity index (χ1n) is 5.26. The fourth-order valence-electron chi connectivity index (χ4n) is 1.60. The average Bonchev–Trinajstić information content (AvgIpc) is 2.79. The van der Waals surface area contributed by atoms with Crippen molar-refractivity contribution >= 4 is 11.6 Å². The zero-order valence-corrected chi connectivity index (χ0v) is 9.87. The lowest BCUT2D eigenvalue weighted by Gasteiger charge is -2.14. The molecule has 2 rings (SSSR count). The van der Waals surface area contributed by atoms with Gasteiger partial charge >= 0.3 is 0 Å². The van der Waals surface area contributed by atoms with Gasteiger partial charge in [0.1, 0.15) is 0 Å². The molecule has 1 aromatic carbocycles. The lowest BCUT2D eigenvalue weighted by molar-refractivity contribution is 0.547. The Kier molecular flexibility index (Phi) is 3.65. The summed E-state index contributed by atoms with van der Waals surface area (Å²) in [6.07, 6.45) is 3.42. The Morgan fingerprint density at radius 2 is 2.12 bits per heavy atom. The lowest BCUT2D eigenvalue weighted by atomic mass is 10.1. The van der Waals surface area contributed by atoms with Gasteiger partial charge in [0.25, 0.3) is 0 Å². The number of hydrogen-bond acceptors (Lipinski definition) is 2. The molecular weight excluding hydrogens is 222 g/mol. The summed E-state index contributed by atoms with van der Waals surface area (Å²) >= 11 is 6.12. The molecule has 0 bridgehead atoms. The summed E-state index contributed by atoms with van der Waals surface area (Å²) in [6.45, 7) is 2.88. The molecule has 2 aromatic rings. The van der Waals surface area contributed by atoms with Crippen molar-refractivity contribution in [1.29, 1.82) is 0 Å². The highest BCUT2D eigenvalue weighted by Crippen LogP contribution is 2.22. The SMILES string of the molecule is C[C@H](NCc1ccoc1)c1ccccc1Cl. The normalized spacial score (nSPS) is 12.6. The van der Waals surface area contributed by atoms with Crippen molar-refractivity contribution in [2.45, 2.75) is 19.5 Å². The second kappa shape index (κ2) is 5.19. The van der Waals surface area contributed by atoms with Gasteiger partial charge in [0.15, 0.2) is 0 Å². The molecule has 3 heteroatoms. The predicted molar refractivity (Wildman–Crippen MR) is 65.4 cm³/mol. The van der Waals surface area contributed by atoms with Crippen molar-refractivity contribution < 1.29 is 4.42 Å². The highest BCUT2D eigenvalue weighted by molar-refractivity contribution is 6.31. The van der Waals surface area contributed by atoms with E-state index in [1.807, 2.05) is 30.3 Å². The van der Waals surface area contributed by atoms with Crippen LogP contribution in [0.25, 0.3) is 0 Å². The van der Waals surface area contributed by atoms with Crippen molar-refractivity contribution in [1.82, 2.24) is 5.32 Å². The summed E-state index contributed by atoms with van der Waals surface area (Å²) in [5.41, 5.74) is 2.26. The molecule has 0 saturated heterocycles. The number of furan rings is 1. The van der Waals surface area contributed by atoms with E-state index in [1.54, 1.807) is 12.5 Å². The van der Waals surface area contributed by atoms with Crippen LogP contribution in [0.5, 0.6) is 0 Å². The number of nitrogens with one attached hydrogen (secondary N) is 1. The molecule has 0 saturated carbocycles. The first-order chi connectivity index (χ1) is 7.77. The monoisotopic (exact) mass is 235 g/mol. The molecule has 16 heavy (non-hydrogen) atoms. The predicted octanol–water partition coefficient (Wildman–Crippen LogP) is 3.78. The molecule has 1 N–H and O–H groups in total. The molecule has 84 valence electrons. The van der Waals surface area contributed by atoms with Crippen LogP contribution < -0.4 is 5.32 Å². The molecule has 0 amide bonds. The van der Waals surface area contributed by atoms with E-state index in [0.29, 0.717) is 0 Å². The zero-order chi connectivity index (χ0) is 11.4. The molecule has 0 unspecified atom stereocenters. The molecule has 1 aromatic heterocycles. The molecule has 1 heterocycles. The number of benzene rings is 1. The average molecular weight is 236 g/mol. The second-order valence-corrected chi connectivity index (χ2v) is 4.16. The van der Waals surface area contributed by atoms with Crippen LogP contribution in [0.3, 0.4) is 0 Å². The van der Waals surface area contributed by atoms with Crippen molar-refractivity contribution in [3.8, 4) is 0 Å². The van der Waals surface area contributed by atoms with Crippen molar-refractivity contribution in [2.24, 2.45) is 0 Å². The van der Waals surface area contributed by atoms with E-state index in [9.17, 15) is 0 Å². The molecule has 0 fully saturated rings. The van der Waals surface area contributed by atoms with Crippen LogP contribution in [-0.2, 0) is 6.54 Å². The molecular formula is C13H14ClNO. The Bertz CT molecular complexity index is 439. The van der Waals surface area contributed by atoms with Gasteiger partial charge in [0.2, 0.25) is 0 Å². The van der Waals surface area contributed by atoms with Crippen LogP contribution in [-0.4, -0.2) is 0 Å². The Balaban J connectivity index is 1.98. The smallest absolute Gasteiger partial charge is 0.0947 e. The molecule has 0 aliphatic rings. The number of hydrogen-bond donors (Lipinski definition) is 1. The van der Waals surface area contributed by atoms with Gasteiger partial charge in [0.05, 0.1) is 12.5 Å². The van der Waals surface area contributed by atoms with Crippen molar-refractivity contribution in [3.05, 3.63) is 59.0 Å². The van der Waals surface area contributed by atoms with Gasteiger partial charge in [-0.3, -0.25) is 0 Å². The largest absolute Gasteiger partial charge is 0.472 e. The summed E-state index contributed by atoms with van der Waals surface area (Å²) in [4.78, 5) is 0. The van der Waals surface area contributed by atoms with Crippen LogP contribution in [0.4, 0.5) is 0 Å². The van der Waals surface area contributed by atoms with E-state index in [0.717, 1.165) is 22.7 Å². The van der Waals surface area contributed by atoms with Crippen molar-refractivity contribution in [2.75, 3.05) is 0 Å². The maximum Gasteiger partial charge on any atom is 0.0947 e. The number of halogens is 1. The van der Waals surface area contributed by atoms with Gasteiger partial charge in [-0.05, 0) is 24.6 Å². The molecule has 0 aliphatic heterocycles. The first-order valence-corrected chi connectivity index (χ1v) is 5.64. The van der Waals surface area contributed by atoms with Crippen LogP contribution in [0.1, 0.15) is 24.1 Å². The van der Waals surface area contributed by atoms with E-state index >= 15 is 0 Å². The highest BCUT2D eigenvalue weighted by atomic mass is 35.5. The van der Waals surface area contributed by atoms with E-state index in [2.05, 4.69) is 12.2 Å². The zero-order valence-electron chi connectivity index (χ0n) is 9.11. The highest BCUT2D eigenvalue weighted by Gasteiger charge is 2.08. The molecule has 1 atom stereocenters. The summed E-state index contributed by atoms with van der Waals surface area (Å²) in [7, 11) is 0. The van der Waals surface area contributed by atoms with E-state index in [1.165, 1.54) is 0 Å². The summed E-state index contributed by atoms with van der Waals surface area (Å²) < 4.78 is 5.01. The van der Waals surface area contributed by atoms with E-state index in [4.69, 9.17) is 16.0 Å². The lowest BCUT2D eigenvalue weighted by Crippen LogP contribution is -2.17. The van der Waals surface area contributed by atoms with Gasteiger partial charge in [-0.15, -0.1) is 0 Å². The van der Waals surface area contributed by atoms with Gasteiger partial charge in [0, 0.05) is 23.2 Å². The van der Waals surface area contributed by atoms with Gasteiger partial charge in [-0.25, -0.2) is 0 Å². The van der Waals surface area contributed by atoms with E-state index in [-0.39, 0.29) is 6.04 Å². The standard InChI is InChI=1S/C13H14ClNO/c1-10(12-4-2-3-5-13(12)14)15-8-11-6-7-16-9-11/h2-7,9-10,15H,8H2,1H3/t10-/m0/s1. The maximum absolute atomic E-state index is 6.12. The van der Waals surface area contributed by atoms with Crippen LogP contribution in [0.2, 0.25) is 5.02 Å². The van der Waals surface area contributed by atoms with Gasteiger partial charge < -0.3 is 9.73 Å². The minimum Gasteiger partial charge on any atom is -0.472 e. The van der Waals surface area contributed by atoms with Crippen LogP contribution in [0, 0.1) is 0 Å². The third-order valence-electron chi connectivity index (χ3n) is 2.56. The first kappa shape index (κ1) is 11.2. The van der Waals surface area contributed by atoms with Crippen LogP contribution in [0.15, 0.2) is 47.3 Å². The minimum atomic E-state index is 0.226. The van der Waals surface area contributed by atoms with Crippen molar-refractivity contribution in [3.63, 3.8) is 0 Å². The van der Waals surface area contributed by atoms with Gasteiger partial charge in [-0.2, -0.15) is 0 Å². The Hall–Kier alpha value is -1.25. The van der Waals surface area contributed by atoms with Gasteiger partial charge in [-0.1, -0.05) is 29.8 Å². The fourth-order valence-corrected chi connectivity index (χ4v) is 1.90. The summed E-state index contributed by atoms with van der Waals surface area (Å²) in [5, 5.41) is 4.20. The fraction of sp³-hybridized carbons (Fsp3) is 0.231.